The highest BCUT2D eigenvalue weighted by Gasteiger charge is 2.47. The van der Waals surface area contributed by atoms with Crippen LogP contribution in [-0.4, -0.2) is 29.9 Å². The summed E-state index contributed by atoms with van der Waals surface area (Å²) in [6, 6.07) is 14.1. The number of methoxy groups -OCH3 is 1. The Morgan fingerprint density at radius 3 is 2.48 bits per heavy atom. The van der Waals surface area contributed by atoms with E-state index in [1.54, 1.807) is 11.0 Å². The summed E-state index contributed by atoms with van der Waals surface area (Å²) in [6.07, 6.45) is 3.38. The lowest BCUT2D eigenvalue weighted by Crippen LogP contribution is -2.54. The number of likely N-dealkylation sites (tertiary alicyclic amines) is 1. The second-order valence-corrected chi connectivity index (χ2v) is 8.68. The fraction of sp³-hybridized carbons (Fsp3) is 0.360. The van der Waals surface area contributed by atoms with Crippen LogP contribution in [0.25, 0.3) is 0 Å². The van der Waals surface area contributed by atoms with E-state index in [9.17, 15) is 9.59 Å². The molecule has 0 aliphatic carbocycles. The highest BCUT2D eigenvalue weighted by molar-refractivity contribution is 6.30. The average molecular weight is 460 g/mol. The normalized spacial score (nSPS) is 22.1. The summed E-state index contributed by atoms with van der Waals surface area (Å²) >= 11 is 12.4. The second kappa shape index (κ2) is 10.3. The molecule has 0 bridgehead atoms. The van der Waals surface area contributed by atoms with Gasteiger partial charge in [0, 0.05) is 21.9 Å². The van der Waals surface area contributed by atoms with Crippen LogP contribution in [0.4, 0.5) is 0 Å². The predicted molar refractivity (Wildman–Crippen MR) is 124 cm³/mol. The van der Waals surface area contributed by atoms with Crippen LogP contribution in [0.3, 0.4) is 0 Å². The van der Waals surface area contributed by atoms with Crippen LogP contribution in [-0.2, 0) is 14.3 Å². The molecule has 1 saturated heterocycles. The topological polar surface area (TPSA) is 46.6 Å². The summed E-state index contributed by atoms with van der Waals surface area (Å²) in [5.74, 6) is -0.806. The maximum atomic E-state index is 13.6. The van der Waals surface area contributed by atoms with Gasteiger partial charge in [-0.15, -0.1) is 6.58 Å². The molecule has 0 N–H and O–H groups in total. The van der Waals surface area contributed by atoms with Crippen molar-refractivity contribution in [2.75, 3.05) is 7.11 Å². The summed E-state index contributed by atoms with van der Waals surface area (Å²) in [4.78, 5) is 28.1. The van der Waals surface area contributed by atoms with E-state index in [1.165, 1.54) is 7.11 Å². The standard InChI is InChI=1S/C25H27Cl2NO3/c1-4-7-18-15-21(17-8-6-9-20(27)14-17)23(16-10-12-19(26)13-11-16)28(24(18)29)22(5-2)25(30)31-3/h4,6,8-14,18,21-23H,1,5,7,15H2,2-3H3. The zero-order valence-electron chi connectivity index (χ0n) is 17.8. The molecule has 1 heterocycles. The third-order valence-corrected chi connectivity index (χ3v) is 6.45. The van der Waals surface area contributed by atoms with E-state index >= 15 is 0 Å². The number of ether oxygens (including phenoxy) is 1. The van der Waals surface area contributed by atoms with Crippen LogP contribution in [0.15, 0.2) is 61.2 Å². The maximum absolute atomic E-state index is 13.6. The number of nitrogens with zero attached hydrogens (tertiary/aromatic N) is 1. The van der Waals surface area contributed by atoms with Crippen LogP contribution in [0.5, 0.6) is 0 Å². The summed E-state index contributed by atoms with van der Waals surface area (Å²) in [5.41, 5.74) is 1.95. The predicted octanol–water partition coefficient (Wildman–Crippen LogP) is 6.19. The first kappa shape index (κ1) is 23.4. The summed E-state index contributed by atoms with van der Waals surface area (Å²) in [7, 11) is 1.35. The summed E-state index contributed by atoms with van der Waals surface area (Å²) < 4.78 is 5.07. The molecule has 0 radical (unpaired) electrons. The highest BCUT2D eigenvalue weighted by Crippen LogP contribution is 2.47. The number of piperidine rings is 1. The van der Waals surface area contributed by atoms with Crippen molar-refractivity contribution in [1.82, 2.24) is 4.90 Å². The molecule has 1 fully saturated rings. The fourth-order valence-corrected chi connectivity index (χ4v) is 4.87. The van der Waals surface area contributed by atoms with Crippen molar-refractivity contribution in [2.24, 2.45) is 5.92 Å². The highest BCUT2D eigenvalue weighted by atomic mass is 35.5. The number of rotatable bonds is 7. The Morgan fingerprint density at radius 2 is 1.90 bits per heavy atom. The maximum Gasteiger partial charge on any atom is 0.328 e. The van der Waals surface area contributed by atoms with E-state index in [0.29, 0.717) is 29.3 Å². The van der Waals surface area contributed by atoms with Gasteiger partial charge in [-0.2, -0.15) is 0 Å². The molecule has 4 atom stereocenters. The molecule has 164 valence electrons. The van der Waals surface area contributed by atoms with Crippen LogP contribution < -0.4 is 0 Å². The molecule has 0 spiro atoms. The van der Waals surface area contributed by atoms with Crippen molar-refractivity contribution in [3.63, 3.8) is 0 Å². The second-order valence-electron chi connectivity index (χ2n) is 7.81. The van der Waals surface area contributed by atoms with Gasteiger partial charge >= 0.3 is 5.97 Å². The quantitative estimate of drug-likeness (QED) is 0.365. The van der Waals surface area contributed by atoms with Gasteiger partial charge in [0.05, 0.1) is 13.2 Å². The molecule has 4 nitrogen and oxygen atoms in total. The van der Waals surface area contributed by atoms with Gasteiger partial charge in [0.1, 0.15) is 6.04 Å². The Balaban J connectivity index is 2.20. The number of hydrogen-bond donors (Lipinski definition) is 0. The lowest BCUT2D eigenvalue weighted by molar-refractivity contribution is -0.160. The number of hydrogen-bond acceptors (Lipinski definition) is 3. The van der Waals surface area contributed by atoms with Crippen LogP contribution in [0.1, 0.15) is 49.3 Å². The number of amides is 1. The van der Waals surface area contributed by atoms with Crippen molar-refractivity contribution >= 4 is 35.1 Å². The first-order valence-electron chi connectivity index (χ1n) is 10.4. The Hall–Kier alpha value is -2.30. The Morgan fingerprint density at radius 1 is 1.19 bits per heavy atom. The summed E-state index contributed by atoms with van der Waals surface area (Å²) in [6.45, 7) is 5.72. The van der Waals surface area contributed by atoms with E-state index in [2.05, 4.69) is 6.58 Å². The Bertz CT molecular complexity index is 944. The van der Waals surface area contributed by atoms with E-state index in [1.807, 2.05) is 55.5 Å². The van der Waals surface area contributed by atoms with Gasteiger partial charge in [-0.3, -0.25) is 4.79 Å². The fourth-order valence-electron chi connectivity index (χ4n) is 4.55. The SMILES string of the molecule is C=CCC1CC(c2cccc(Cl)c2)C(c2ccc(Cl)cc2)N(C(CC)C(=O)OC)C1=O. The molecule has 2 aromatic carbocycles. The zero-order valence-corrected chi connectivity index (χ0v) is 19.3. The van der Waals surface area contributed by atoms with Crippen LogP contribution in [0.2, 0.25) is 10.0 Å². The van der Waals surface area contributed by atoms with E-state index in [-0.39, 0.29) is 23.8 Å². The Kier molecular flexibility index (Phi) is 7.79. The molecule has 2 aromatic rings. The molecular formula is C25H27Cl2NO3. The molecular weight excluding hydrogens is 433 g/mol. The van der Waals surface area contributed by atoms with Crippen molar-refractivity contribution in [2.45, 2.75) is 44.2 Å². The largest absolute Gasteiger partial charge is 0.467 e. The lowest BCUT2D eigenvalue weighted by atomic mass is 9.74. The lowest BCUT2D eigenvalue weighted by Gasteiger charge is -2.47. The molecule has 3 rings (SSSR count). The molecule has 4 unspecified atom stereocenters. The van der Waals surface area contributed by atoms with Gasteiger partial charge in [0.25, 0.3) is 0 Å². The minimum absolute atomic E-state index is 0.0544. The third kappa shape index (κ3) is 4.97. The van der Waals surface area contributed by atoms with Gasteiger partial charge in [-0.25, -0.2) is 4.79 Å². The number of carbonyl (C=O) groups is 2. The van der Waals surface area contributed by atoms with Crippen LogP contribution in [0, 0.1) is 5.92 Å². The van der Waals surface area contributed by atoms with Crippen molar-refractivity contribution < 1.29 is 14.3 Å². The molecule has 6 heteroatoms. The van der Waals surface area contributed by atoms with E-state index < -0.39 is 12.0 Å². The van der Waals surface area contributed by atoms with Crippen molar-refractivity contribution in [1.29, 1.82) is 0 Å². The molecule has 31 heavy (non-hydrogen) atoms. The Labute approximate surface area is 193 Å². The molecule has 1 aliphatic rings. The van der Waals surface area contributed by atoms with Gasteiger partial charge in [0.2, 0.25) is 5.91 Å². The zero-order chi connectivity index (χ0) is 22.5. The van der Waals surface area contributed by atoms with Gasteiger partial charge in [0.15, 0.2) is 0 Å². The van der Waals surface area contributed by atoms with Gasteiger partial charge in [-0.1, -0.05) is 60.5 Å². The van der Waals surface area contributed by atoms with Gasteiger partial charge in [-0.05, 0) is 54.7 Å². The number of allylic oxidation sites excluding steroid dienone is 1. The summed E-state index contributed by atoms with van der Waals surface area (Å²) in [5, 5.41) is 1.25. The van der Waals surface area contributed by atoms with Crippen molar-refractivity contribution in [3.05, 3.63) is 82.4 Å². The number of halogens is 2. The van der Waals surface area contributed by atoms with E-state index in [4.69, 9.17) is 27.9 Å². The first-order chi connectivity index (χ1) is 14.9. The number of esters is 1. The first-order valence-corrected chi connectivity index (χ1v) is 11.2. The number of benzene rings is 2. The smallest absolute Gasteiger partial charge is 0.328 e. The third-order valence-electron chi connectivity index (χ3n) is 5.96. The van der Waals surface area contributed by atoms with E-state index in [0.717, 1.165) is 11.1 Å². The van der Waals surface area contributed by atoms with Gasteiger partial charge < -0.3 is 9.64 Å². The molecule has 1 amide bonds. The average Bonchev–Trinajstić information content (AvgIpc) is 2.77. The monoisotopic (exact) mass is 459 g/mol. The minimum Gasteiger partial charge on any atom is -0.467 e. The minimum atomic E-state index is -0.688. The molecule has 0 saturated carbocycles. The molecule has 0 aromatic heterocycles. The van der Waals surface area contributed by atoms with Crippen molar-refractivity contribution in [3.8, 4) is 0 Å². The number of carbonyl (C=O) groups excluding carboxylic acids is 2. The molecule has 1 aliphatic heterocycles. The van der Waals surface area contributed by atoms with Crippen LogP contribution >= 0.6 is 23.2 Å².